The molecule has 0 spiro atoms. The van der Waals surface area contributed by atoms with Crippen LogP contribution in [0.25, 0.3) is 0 Å². The molecule has 3 aromatic rings. The van der Waals surface area contributed by atoms with Crippen molar-refractivity contribution >= 4 is 63.1 Å². The molecule has 0 saturated carbocycles. The van der Waals surface area contributed by atoms with Gasteiger partial charge in [-0.25, -0.2) is 4.99 Å². The van der Waals surface area contributed by atoms with Gasteiger partial charge in [0.2, 0.25) is 0 Å². The number of para-hydroxylation sites is 2. The minimum Gasteiger partial charge on any atom is -0.506 e. The zero-order valence-electron chi connectivity index (χ0n) is 14.9. The van der Waals surface area contributed by atoms with Gasteiger partial charge in [0.15, 0.2) is 10.9 Å². The van der Waals surface area contributed by atoms with Crippen LogP contribution in [0.15, 0.2) is 65.7 Å². The largest absolute Gasteiger partial charge is 0.506 e. The fraction of sp³-hybridized carbons (Fsp3) is 0.0952. The zero-order valence-corrected chi connectivity index (χ0v) is 18.0. The summed E-state index contributed by atoms with van der Waals surface area (Å²) in [6.07, 6.45) is 0. The molecule has 0 aliphatic carbocycles. The van der Waals surface area contributed by atoms with Crippen LogP contribution in [0.5, 0.6) is 11.5 Å². The molecule has 1 aliphatic rings. The van der Waals surface area contributed by atoms with Crippen LogP contribution < -0.4 is 4.90 Å². The second-order valence-electron chi connectivity index (χ2n) is 6.34. The predicted octanol–water partition coefficient (Wildman–Crippen LogP) is 7.04. The number of aromatic hydroxyl groups is 2. The molecule has 1 saturated heterocycles. The third-order valence-electron chi connectivity index (χ3n) is 4.51. The molecule has 0 amide bonds. The molecule has 1 unspecified atom stereocenters. The Balaban J connectivity index is 1.80. The molecule has 29 heavy (non-hydrogen) atoms. The van der Waals surface area contributed by atoms with Crippen LogP contribution in [-0.4, -0.2) is 21.9 Å². The van der Waals surface area contributed by atoms with Crippen LogP contribution in [-0.2, 0) is 0 Å². The van der Waals surface area contributed by atoms with Crippen molar-refractivity contribution in [1.82, 2.24) is 0 Å². The van der Waals surface area contributed by atoms with E-state index in [4.69, 9.17) is 39.8 Å². The van der Waals surface area contributed by atoms with Crippen LogP contribution in [0.4, 0.5) is 11.4 Å². The van der Waals surface area contributed by atoms with Crippen molar-refractivity contribution in [3.05, 3.63) is 81.3 Å². The van der Waals surface area contributed by atoms with Gasteiger partial charge < -0.3 is 15.1 Å². The van der Waals surface area contributed by atoms with E-state index in [-0.39, 0.29) is 31.8 Å². The lowest BCUT2D eigenvalue weighted by atomic mass is 10.1. The van der Waals surface area contributed by atoms with E-state index in [1.165, 1.54) is 11.8 Å². The smallest absolute Gasteiger partial charge is 0.169 e. The van der Waals surface area contributed by atoms with Gasteiger partial charge in [-0.15, -0.1) is 0 Å². The molecule has 1 aliphatic heterocycles. The Morgan fingerprint density at radius 1 is 0.828 bits per heavy atom. The topological polar surface area (TPSA) is 56.1 Å². The van der Waals surface area contributed by atoms with Crippen LogP contribution in [0, 0.1) is 0 Å². The number of halogens is 3. The molecule has 3 aromatic carbocycles. The quantitative estimate of drug-likeness (QED) is 0.322. The summed E-state index contributed by atoms with van der Waals surface area (Å²) in [5, 5.41) is 20.9. The molecule has 0 radical (unpaired) electrons. The fourth-order valence-corrected chi connectivity index (χ4v) is 5.19. The molecule has 0 bridgehead atoms. The lowest BCUT2D eigenvalue weighted by molar-refractivity contribution is 0.455. The Hall–Kier alpha value is -2.05. The summed E-state index contributed by atoms with van der Waals surface area (Å²) in [6, 6.07) is 19.4. The average molecular weight is 466 g/mol. The number of amidine groups is 1. The second kappa shape index (κ2) is 8.36. The molecule has 2 N–H and O–H groups in total. The summed E-state index contributed by atoms with van der Waals surface area (Å²) in [6.45, 7) is 0.477. The monoisotopic (exact) mass is 464 g/mol. The Bertz CT molecular complexity index is 1050. The molecule has 8 heteroatoms. The molecule has 148 valence electrons. The lowest BCUT2D eigenvalue weighted by Crippen LogP contribution is -2.23. The molecule has 1 atom stereocenters. The van der Waals surface area contributed by atoms with Crippen molar-refractivity contribution in [2.75, 3.05) is 11.4 Å². The maximum absolute atomic E-state index is 10.6. The first-order valence-electron chi connectivity index (χ1n) is 8.68. The second-order valence-corrected chi connectivity index (χ2v) is 8.64. The normalized spacial score (nSPS) is 17.8. The first-order chi connectivity index (χ1) is 14.0. The molecule has 1 heterocycles. The standard InChI is InChI=1S/C21H15Cl3N2O2S/c22-16-15(19(27)17(23)18(24)20(16)28)14-11-26(13-9-5-2-6-10-13)21(29-14)25-12-7-3-1-4-8-12/h1-10,14,27-28H,11H2. The number of phenols is 2. The van der Waals surface area contributed by atoms with Gasteiger partial charge in [0, 0.05) is 17.8 Å². The van der Waals surface area contributed by atoms with Gasteiger partial charge in [-0.2, -0.15) is 0 Å². The number of phenolic OH excluding ortho intramolecular Hbond substituents is 2. The van der Waals surface area contributed by atoms with Gasteiger partial charge in [0.25, 0.3) is 0 Å². The van der Waals surface area contributed by atoms with Gasteiger partial charge in [-0.3, -0.25) is 0 Å². The van der Waals surface area contributed by atoms with Crippen LogP contribution in [0.2, 0.25) is 15.1 Å². The Kier molecular flexibility index (Phi) is 5.83. The summed E-state index contributed by atoms with van der Waals surface area (Å²) in [5.74, 6) is -0.572. The number of thioether (sulfide) groups is 1. The number of benzene rings is 3. The molecule has 4 nitrogen and oxygen atoms in total. The van der Waals surface area contributed by atoms with E-state index in [1.54, 1.807) is 0 Å². The molecule has 4 rings (SSSR count). The van der Waals surface area contributed by atoms with E-state index in [2.05, 4.69) is 0 Å². The minimum absolute atomic E-state index is 0.0108. The summed E-state index contributed by atoms with van der Waals surface area (Å²) < 4.78 is 0. The van der Waals surface area contributed by atoms with Crippen LogP contribution >= 0.6 is 46.6 Å². The number of hydrogen-bond acceptors (Lipinski definition) is 4. The van der Waals surface area contributed by atoms with E-state index in [0.29, 0.717) is 12.1 Å². The molecular weight excluding hydrogens is 451 g/mol. The first-order valence-corrected chi connectivity index (χ1v) is 10.7. The first kappa shape index (κ1) is 20.2. The van der Waals surface area contributed by atoms with E-state index in [9.17, 15) is 10.2 Å². The highest BCUT2D eigenvalue weighted by molar-refractivity contribution is 8.14. The number of anilines is 1. The predicted molar refractivity (Wildman–Crippen MR) is 122 cm³/mol. The molecule has 0 aromatic heterocycles. The summed E-state index contributed by atoms with van der Waals surface area (Å²) in [5.41, 5.74) is 2.10. The van der Waals surface area contributed by atoms with Crippen LogP contribution in [0.3, 0.4) is 0 Å². The van der Waals surface area contributed by atoms with Crippen molar-refractivity contribution in [2.24, 2.45) is 4.99 Å². The van der Waals surface area contributed by atoms with Crippen LogP contribution in [0.1, 0.15) is 10.8 Å². The highest BCUT2D eigenvalue weighted by atomic mass is 35.5. The number of aliphatic imine (C=N–C) groups is 1. The summed E-state index contributed by atoms with van der Waals surface area (Å²) in [4.78, 5) is 6.81. The van der Waals surface area contributed by atoms with Crippen molar-refractivity contribution in [1.29, 1.82) is 0 Å². The highest BCUT2D eigenvalue weighted by Gasteiger charge is 2.36. The van der Waals surface area contributed by atoms with Gasteiger partial charge in [0.1, 0.15) is 15.8 Å². The highest BCUT2D eigenvalue weighted by Crippen LogP contribution is 2.53. The lowest BCUT2D eigenvalue weighted by Gasteiger charge is -2.19. The number of hydrogen-bond donors (Lipinski definition) is 2. The Morgan fingerprint density at radius 3 is 2.07 bits per heavy atom. The SMILES string of the molecule is Oc1c(Cl)c(Cl)c(O)c(C2CN(c3ccccc3)C(=Nc3ccccc3)S2)c1Cl. The maximum atomic E-state index is 10.6. The van der Waals surface area contributed by atoms with Gasteiger partial charge in [-0.05, 0) is 24.3 Å². The van der Waals surface area contributed by atoms with Crippen molar-refractivity contribution < 1.29 is 10.2 Å². The van der Waals surface area contributed by atoms with Gasteiger partial charge in [0.05, 0.1) is 16.0 Å². The van der Waals surface area contributed by atoms with E-state index in [0.717, 1.165) is 16.5 Å². The van der Waals surface area contributed by atoms with Gasteiger partial charge >= 0.3 is 0 Å². The Labute approximate surface area is 187 Å². The minimum atomic E-state index is -0.341. The summed E-state index contributed by atoms with van der Waals surface area (Å²) in [7, 11) is 0. The average Bonchev–Trinajstić information content (AvgIpc) is 3.15. The van der Waals surface area contributed by atoms with Crippen molar-refractivity contribution in [3.8, 4) is 11.5 Å². The number of nitrogens with zero attached hydrogens (tertiary/aromatic N) is 2. The molecular formula is C21H15Cl3N2O2S. The maximum Gasteiger partial charge on any atom is 0.169 e. The van der Waals surface area contributed by atoms with Gasteiger partial charge in [-0.1, -0.05) is 83.0 Å². The zero-order chi connectivity index (χ0) is 20.5. The van der Waals surface area contributed by atoms with Crippen molar-refractivity contribution in [3.63, 3.8) is 0 Å². The third kappa shape index (κ3) is 3.88. The van der Waals surface area contributed by atoms with E-state index < -0.39 is 0 Å². The van der Waals surface area contributed by atoms with E-state index in [1.807, 2.05) is 65.6 Å². The third-order valence-corrected chi connectivity index (χ3v) is 6.91. The van der Waals surface area contributed by atoms with Crippen molar-refractivity contribution in [2.45, 2.75) is 5.25 Å². The summed E-state index contributed by atoms with van der Waals surface area (Å²) >= 11 is 19.8. The number of rotatable bonds is 3. The fourth-order valence-electron chi connectivity index (χ4n) is 3.09. The Morgan fingerprint density at radius 2 is 1.41 bits per heavy atom. The molecule has 1 fully saturated rings. The van der Waals surface area contributed by atoms with E-state index >= 15 is 0 Å².